The van der Waals surface area contributed by atoms with E-state index in [2.05, 4.69) is 4.98 Å². The molecule has 164 valence electrons. The number of nitrogens with zero attached hydrogens (tertiary/aromatic N) is 3. The van der Waals surface area contributed by atoms with E-state index in [1.807, 2.05) is 26.0 Å². The van der Waals surface area contributed by atoms with Gasteiger partial charge in [-0.2, -0.15) is 10.2 Å². The Bertz CT molecular complexity index is 1600. The van der Waals surface area contributed by atoms with Crippen LogP contribution in [-0.4, -0.2) is 17.8 Å². The number of fused-ring (bicyclic) bond motifs is 1. The van der Waals surface area contributed by atoms with Gasteiger partial charge in [-0.1, -0.05) is 42.0 Å². The monoisotopic (exact) mass is 457 g/mol. The largest absolute Gasteiger partial charge is 0.438 e. The van der Waals surface area contributed by atoms with Gasteiger partial charge in [-0.25, -0.2) is 8.42 Å². The van der Waals surface area contributed by atoms with Gasteiger partial charge in [0.15, 0.2) is 0 Å². The van der Waals surface area contributed by atoms with Crippen LogP contribution in [0.3, 0.4) is 0 Å². The minimum absolute atomic E-state index is 0.0453. The Morgan fingerprint density at radius 3 is 2.42 bits per heavy atom. The Labute approximate surface area is 190 Å². The molecule has 0 saturated heterocycles. The third kappa shape index (κ3) is 4.27. The van der Waals surface area contributed by atoms with Gasteiger partial charge >= 0.3 is 0 Å². The van der Waals surface area contributed by atoms with Crippen LogP contribution in [0.15, 0.2) is 87.5 Å². The van der Waals surface area contributed by atoms with E-state index in [1.165, 1.54) is 22.7 Å². The summed E-state index contributed by atoms with van der Waals surface area (Å²) in [5.41, 5.74) is 1.30. The molecule has 33 heavy (non-hydrogen) atoms. The van der Waals surface area contributed by atoms with Crippen LogP contribution < -0.4 is 10.3 Å². The van der Waals surface area contributed by atoms with Crippen molar-refractivity contribution in [2.45, 2.75) is 18.7 Å². The van der Waals surface area contributed by atoms with Crippen LogP contribution in [0.4, 0.5) is 0 Å². The van der Waals surface area contributed by atoms with Gasteiger partial charge in [0.2, 0.25) is 15.7 Å². The second kappa shape index (κ2) is 8.73. The fraction of sp³-hybridized carbons (Fsp3) is 0.0800. The van der Waals surface area contributed by atoms with Crippen molar-refractivity contribution in [3.8, 4) is 17.7 Å². The molecule has 2 aromatic carbocycles. The first kappa shape index (κ1) is 22.0. The molecule has 8 heteroatoms. The summed E-state index contributed by atoms with van der Waals surface area (Å²) in [6.07, 6.45) is 2.54. The van der Waals surface area contributed by atoms with E-state index >= 15 is 0 Å². The number of allylic oxidation sites excluding steroid dienone is 1. The lowest BCUT2D eigenvalue weighted by Crippen LogP contribution is -2.19. The fourth-order valence-electron chi connectivity index (χ4n) is 3.20. The maximum atomic E-state index is 13.3. The summed E-state index contributed by atoms with van der Waals surface area (Å²) in [4.78, 5) is 17.1. The van der Waals surface area contributed by atoms with Crippen molar-refractivity contribution in [1.29, 1.82) is 5.26 Å². The highest BCUT2D eigenvalue weighted by molar-refractivity contribution is 7.95. The van der Waals surface area contributed by atoms with E-state index in [9.17, 15) is 18.5 Å². The molecule has 0 aliphatic heterocycles. The van der Waals surface area contributed by atoms with Gasteiger partial charge in [0, 0.05) is 6.20 Å². The lowest BCUT2D eigenvalue weighted by atomic mass is 10.2. The molecule has 0 aliphatic carbocycles. The number of aromatic nitrogens is 2. The lowest BCUT2D eigenvalue weighted by molar-refractivity contribution is 0.457. The van der Waals surface area contributed by atoms with Crippen molar-refractivity contribution in [2.24, 2.45) is 0 Å². The average molecular weight is 458 g/mol. The van der Waals surface area contributed by atoms with E-state index < -0.39 is 20.3 Å². The first-order chi connectivity index (χ1) is 15.8. The maximum absolute atomic E-state index is 13.3. The highest BCUT2D eigenvalue weighted by Crippen LogP contribution is 2.28. The van der Waals surface area contributed by atoms with Crippen molar-refractivity contribution in [1.82, 2.24) is 9.38 Å². The van der Waals surface area contributed by atoms with Crippen molar-refractivity contribution in [3.63, 3.8) is 0 Å². The molecule has 0 amide bonds. The standard InChI is InChI=1S/C25H19N3O4S/c1-17-10-12-19(13-11-17)33(30,31)20(16-26)15-21-24(32-22-8-4-3-7-18(22)2)27-23-9-5-6-14-28(23)25(21)29/h3-15H,1-2H3/b20-15-. The fourth-order valence-corrected chi connectivity index (χ4v) is 4.35. The molecular formula is C25H19N3O4S. The summed E-state index contributed by atoms with van der Waals surface area (Å²) < 4.78 is 33.4. The number of aryl methyl sites for hydroxylation is 2. The minimum Gasteiger partial charge on any atom is -0.438 e. The number of para-hydroxylation sites is 1. The van der Waals surface area contributed by atoms with Crippen LogP contribution in [0.2, 0.25) is 0 Å². The number of nitriles is 1. The Morgan fingerprint density at radius 2 is 1.73 bits per heavy atom. The number of benzene rings is 2. The molecule has 0 aliphatic rings. The molecule has 7 nitrogen and oxygen atoms in total. The van der Waals surface area contributed by atoms with Gasteiger partial charge in [-0.3, -0.25) is 9.20 Å². The van der Waals surface area contributed by atoms with E-state index in [0.29, 0.717) is 11.4 Å². The third-order valence-corrected chi connectivity index (χ3v) is 6.72. The minimum atomic E-state index is -4.17. The molecule has 0 unspecified atom stereocenters. The number of hydrogen-bond donors (Lipinski definition) is 0. The molecule has 0 N–H and O–H groups in total. The molecule has 0 spiro atoms. The first-order valence-corrected chi connectivity index (χ1v) is 11.5. The van der Waals surface area contributed by atoms with Crippen LogP contribution in [0.1, 0.15) is 16.7 Å². The average Bonchev–Trinajstić information content (AvgIpc) is 2.80. The van der Waals surface area contributed by atoms with Crippen LogP contribution in [0.5, 0.6) is 11.6 Å². The van der Waals surface area contributed by atoms with Gasteiger partial charge in [0.05, 0.1) is 4.90 Å². The molecule has 2 heterocycles. The van der Waals surface area contributed by atoms with E-state index in [1.54, 1.807) is 48.5 Å². The van der Waals surface area contributed by atoms with E-state index in [0.717, 1.165) is 17.2 Å². The summed E-state index contributed by atoms with van der Waals surface area (Å²) >= 11 is 0. The first-order valence-electron chi connectivity index (χ1n) is 9.99. The van der Waals surface area contributed by atoms with Gasteiger partial charge in [0.25, 0.3) is 5.56 Å². The molecule has 0 atom stereocenters. The molecule has 0 saturated carbocycles. The second-order valence-electron chi connectivity index (χ2n) is 7.37. The van der Waals surface area contributed by atoms with Crippen molar-refractivity contribution in [2.75, 3.05) is 0 Å². The van der Waals surface area contributed by atoms with Gasteiger partial charge in [0.1, 0.15) is 27.9 Å². The molecule has 2 aromatic heterocycles. The maximum Gasteiger partial charge on any atom is 0.269 e. The van der Waals surface area contributed by atoms with Crippen LogP contribution in [-0.2, 0) is 9.84 Å². The molecule has 4 aromatic rings. The zero-order valence-electron chi connectivity index (χ0n) is 17.9. The van der Waals surface area contributed by atoms with Crippen molar-refractivity contribution < 1.29 is 13.2 Å². The SMILES string of the molecule is Cc1ccc(S(=O)(=O)/C(C#N)=C\c2c(Oc3ccccc3C)nc3ccccn3c2=O)cc1. The quantitative estimate of drug-likeness (QED) is 0.411. The number of pyridine rings is 1. The molecule has 0 bridgehead atoms. The molecule has 4 rings (SSSR count). The van der Waals surface area contributed by atoms with Gasteiger partial charge < -0.3 is 4.74 Å². The lowest BCUT2D eigenvalue weighted by Gasteiger charge is -2.12. The molecule has 0 fully saturated rings. The Kier molecular flexibility index (Phi) is 5.82. The Hall–Kier alpha value is -4.22. The van der Waals surface area contributed by atoms with Crippen LogP contribution in [0, 0.1) is 25.2 Å². The van der Waals surface area contributed by atoms with Crippen LogP contribution in [0.25, 0.3) is 11.7 Å². The summed E-state index contributed by atoms with van der Waals surface area (Å²) in [7, 11) is -4.17. The number of hydrogen-bond acceptors (Lipinski definition) is 6. The topological polar surface area (TPSA) is 102 Å². The molecule has 0 radical (unpaired) electrons. The van der Waals surface area contributed by atoms with E-state index in [4.69, 9.17) is 4.74 Å². The highest BCUT2D eigenvalue weighted by Gasteiger charge is 2.23. The zero-order valence-corrected chi connectivity index (χ0v) is 18.7. The number of rotatable bonds is 5. The van der Waals surface area contributed by atoms with Gasteiger partial charge in [-0.15, -0.1) is 0 Å². The zero-order chi connectivity index (χ0) is 23.6. The Balaban J connectivity index is 1.95. The van der Waals surface area contributed by atoms with E-state index in [-0.39, 0.29) is 16.3 Å². The smallest absolute Gasteiger partial charge is 0.269 e. The number of sulfone groups is 1. The van der Waals surface area contributed by atoms with Crippen molar-refractivity contribution >= 4 is 21.6 Å². The predicted molar refractivity (Wildman–Crippen MR) is 125 cm³/mol. The summed E-state index contributed by atoms with van der Waals surface area (Å²) in [6.45, 7) is 3.66. The predicted octanol–water partition coefficient (Wildman–Crippen LogP) is 4.44. The number of ether oxygens (including phenoxy) is 1. The Morgan fingerprint density at radius 1 is 1.03 bits per heavy atom. The summed E-state index contributed by atoms with van der Waals surface area (Å²) in [6, 6.07) is 20.0. The van der Waals surface area contributed by atoms with Crippen LogP contribution >= 0.6 is 0 Å². The second-order valence-corrected chi connectivity index (χ2v) is 9.29. The summed E-state index contributed by atoms with van der Waals surface area (Å²) in [5.74, 6) is 0.367. The highest BCUT2D eigenvalue weighted by atomic mass is 32.2. The molecular weight excluding hydrogens is 438 g/mol. The van der Waals surface area contributed by atoms with Gasteiger partial charge in [-0.05, 0) is 55.8 Å². The van der Waals surface area contributed by atoms with Crippen molar-refractivity contribution in [3.05, 3.63) is 105 Å². The third-order valence-electron chi connectivity index (χ3n) is 5.04. The summed E-state index contributed by atoms with van der Waals surface area (Å²) in [5, 5.41) is 9.70. The normalized spacial score (nSPS) is 11.8.